The molecule has 1 aliphatic heterocycles. The van der Waals surface area contributed by atoms with E-state index < -0.39 is 6.10 Å². The molecule has 0 N–H and O–H groups in total. The predicted octanol–water partition coefficient (Wildman–Crippen LogP) is 3.98. The van der Waals surface area contributed by atoms with E-state index in [0.717, 1.165) is 17.3 Å². The number of rotatable bonds is 3. The summed E-state index contributed by atoms with van der Waals surface area (Å²) >= 11 is 5.96. The van der Waals surface area contributed by atoms with Crippen LogP contribution in [0.4, 0.5) is 0 Å². The lowest BCUT2D eigenvalue weighted by molar-refractivity contribution is -0.139. The van der Waals surface area contributed by atoms with Gasteiger partial charge in [-0.05, 0) is 25.1 Å². The highest BCUT2D eigenvalue weighted by Gasteiger charge is 2.31. The third-order valence-electron chi connectivity index (χ3n) is 4.14. The summed E-state index contributed by atoms with van der Waals surface area (Å²) in [5.74, 6) is 2.13. The molecule has 6 heteroatoms. The Kier molecular flexibility index (Phi) is 4.78. The minimum absolute atomic E-state index is 0.0639. The van der Waals surface area contributed by atoms with Gasteiger partial charge in [0, 0.05) is 23.4 Å². The SMILES string of the molecule is CC(Oc1cccc(Cl)c1)C(=O)N1CCc2oc(C(C)(C)C)nc2C1. The number of fused-ring (bicyclic) bond motifs is 1. The summed E-state index contributed by atoms with van der Waals surface area (Å²) in [6.45, 7) is 9.00. The number of benzene rings is 1. The maximum Gasteiger partial charge on any atom is 0.263 e. The topological polar surface area (TPSA) is 55.6 Å². The Bertz CT molecular complexity index is 779. The lowest BCUT2D eigenvalue weighted by Gasteiger charge is -2.28. The molecule has 1 aromatic carbocycles. The number of hydrogen-bond donors (Lipinski definition) is 0. The zero-order valence-corrected chi connectivity index (χ0v) is 15.8. The van der Waals surface area contributed by atoms with Crippen molar-refractivity contribution in [3.63, 3.8) is 0 Å². The minimum Gasteiger partial charge on any atom is -0.481 e. The van der Waals surface area contributed by atoms with Gasteiger partial charge >= 0.3 is 0 Å². The Labute approximate surface area is 152 Å². The van der Waals surface area contributed by atoms with E-state index in [0.29, 0.717) is 30.3 Å². The Morgan fingerprint density at radius 2 is 2.16 bits per heavy atom. The van der Waals surface area contributed by atoms with E-state index in [9.17, 15) is 4.79 Å². The van der Waals surface area contributed by atoms with Gasteiger partial charge in [0.15, 0.2) is 12.0 Å². The molecule has 1 atom stereocenters. The highest BCUT2D eigenvalue weighted by molar-refractivity contribution is 6.30. The van der Waals surface area contributed by atoms with Crippen LogP contribution < -0.4 is 4.74 Å². The molecule has 2 aromatic rings. The van der Waals surface area contributed by atoms with Gasteiger partial charge in [-0.15, -0.1) is 0 Å². The van der Waals surface area contributed by atoms with Gasteiger partial charge < -0.3 is 14.1 Å². The first kappa shape index (κ1) is 17.8. The Balaban J connectivity index is 1.68. The fourth-order valence-electron chi connectivity index (χ4n) is 2.76. The van der Waals surface area contributed by atoms with Gasteiger partial charge in [0.05, 0.1) is 6.54 Å². The Morgan fingerprint density at radius 3 is 2.84 bits per heavy atom. The average molecular weight is 363 g/mol. The van der Waals surface area contributed by atoms with Gasteiger partial charge in [-0.2, -0.15) is 0 Å². The lowest BCUT2D eigenvalue weighted by atomic mass is 9.97. The summed E-state index contributed by atoms with van der Waals surface area (Å²) in [5.41, 5.74) is 0.703. The number of ether oxygens (including phenoxy) is 1. The molecule has 0 saturated carbocycles. The first-order valence-corrected chi connectivity index (χ1v) is 8.82. The molecule has 2 heterocycles. The first-order valence-electron chi connectivity index (χ1n) is 8.44. The van der Waals surface area contributed by atoms with E-state index in [1.165, 1.54) is 0 Å². The second kappa shape index (κ2) is 6.71. The monoisotopic (exact) mass is 362 g/mol. The summed E-state index contributed by atoms with van der Waals surface area (Å²) in [7, 11) is 0. The third-order valence-corrected chi connectivity index (χ3v) is 4.37. The van der Waals surface area contributed by atoms with Crippen LogP contribution in [0.3, 0.4) is 0 Å². The van der Waals surface area contributed by atoms with Crippen molar-refractivity contribution in [1.82, 2.24) is 9.88 Å². The standard InChI is InChI=1S/C19H23ClN2O3/c1-12(24-14-7-5-6-13(20)10-14)17(23)22-9-8-16-15(11-22)21-18(25-16)19(2,3)4/h5-7,10,12H,8-9,11H2,1-4H3. The molecule has 0 spiro atoms. The molecule has 1 aliphatic rings. The van der Waals surface area contributed by atoms with Crippen molar-refractivity contribution < 1.29 is 13.9 Å². The molecule has 3 rings (SSSR count). The van der Waals surface area contributed by atoms with E-state index in [-0.39, 0.29) is 11.3 Å². The van der Waals surface area contributed by atoms with Crippen molar-refractivity contribution in [3.05, 3.63) is 46.6 Å². The van der Waals surface area contributed by atoms with Crippen molar-refractivity contribution in [3.8, 4) is 5.75 Å². The number of carbonyl (C=O) groups excluding carboxylic acids is 1. The van der Waals surface area contributed by atoms with Gasteiger partial charge in [-0.3, -0.25) is 4.79 Å². The molecule has 134 valence electrons. The zero-order valence-electron chi connectivity index (χ0n) is 15.0. The number of amides is 1. The first-order chi connectivity index (χ1) is 11.7. The lowest BCUT2D eigenvalue weighted by Crippen LogP contribution is -2.43. The molecule has 0 bridgehead atoms. The Hall–Kier alpha value is -2.01. The fraction of sp³-hybridized carbons (Fsp3) is 0.474. The maximum atomic E-state index is 12.7. The van der Waals surface area contributed by atoms with E-state index in [1.54, 1.807) is 36.1 Å². The highest BCUT2D eigenvalue weighted by atomic mass is 35.5. The van der Waals surface area contributed by atoms with Gasteiger partial charge in [0.2, 0.25) is 0 Å². The van der Waals surface area contributed by atoms with Crippen LogP contribution >= 0.6 is 11.6 Å². The van der Waals surface area contributed by atoms with Gasteiger partial charge in [0.1, 0.15) is 17.2 Å². The molecule has 0 fully saturated rings. The molecule has 0 aliphatic carbocycles. The van der Waals surface area contributed by atoms with E-state index in [1.807, 2.05) is 0 Å². The van der Waals surface area contributed by atoms with Crippen molar-refractivity contribution in [2.45, 2.75) is 52.2 Å². The third kappa shape index (κ3) is 3.98. The van der Waals surface area contributed by atoms with Crippen LogP contribution in [0.5, 0.6) is 5.75 Å². The van der Waals surface area contributed by atoms with Crippen LogP contribution in [0.2, 0.25) is 5.02 Å². The second-order valence-electron chi connectivity index (χ2n) is 7.37. The average Bonchev–Trinajstić information content (AvgIpc) is 2.97. The molecule has 5 nitrogen and oxygen atoms in total. The highest BCUT2D eigenvalue weighted by Crippen LogP contribution is 2.28. The molecule has 1 unspecified atom stereocenters. The molecule has 0 radical (unpaired) electrons. The van der Waals surface area contributed by atoms with E-state index in [2.05, 4.69) is 25.8 Å². The molecular weight excluding hydrogens is 340 g/mol. The molecule has 0 saturated heterocycles. The van der Waals surface area contributed by atoms with Crippen LogP contribution in [-0.4, -0.2) is 28.4 Å². The number of nitrogens with zero attached hydrogens (tertiary/aromatic N) is 2. The van der Waals surface area contributed by atoms with Gasteiger partial charge in [-0.1, -0.05) is 38.4 Å². The Morgan fingerprint density at radius 1 is 1.40 bits per heavy atom. The number of carbonyl (C=O) groups is 1. The van der Waals surface area contributed by atoms with Gasteiger partial charge in [0.25, 0.3) is 5.91 Å². The van der Waals surface area contributed by atoms with Crippen molar-refractivity contribution >= 4 is 17.5 Å². The quantitative estimate of drug-likeness (QED) is 0.828. The summed E-state index contributed by atoms with van der Waals surface area (Å²) in [4.78, 5) is 19.1. The van der Waals surface area contributed by atoms with Crippen LogP contribution in [0.1, 0.15) is 45.0 Å². The predicted molar refractivity (Wildman–Crippen MR) is 95.9 cm³/mol. The number of aromatic nitrogens is 1. The van der Waals surface area contributed by atoms with Crippen LogP contribution in [-0.2, 0) is 23.2 Å². The largest absolute Gasteiger partial charge is 0.481 e. The van der Waals surface area contributed by atoms with E-state index in [4.69, 9.17) is 20.8 Å². The summed E-state index contributed by atoms with van der Waals surface area (Å²) in [6.07, 6.45) is 0.0858. The molecule has 1 aromatic heterocycles. The van der Waals surface area contributed by atoms with Crippen LogP contribution in [0.15, 0.2) is 28.7 Å². The van der Waals surface area contributed by atoms with E-state index >= 15 is 0 Å². The number of hydrogen-bond acceptors (Lipinski definition) is 4. The smallest absolute Gasteiger partial charge is 0.263 e. The summed E-state index contributed by atoms with van der Waals surface area (Å²) in [6, 6.07) is 7.06. The molecule has 1 amide bonds. The molecular formula is C19H23ClN2O3. The van der Waals surface area contributed by atoms with Crippen molar-refractivity contribution in [2.24, 2.45) is 0 Å². The van der Waals surface area contributed by atoms with Crippen LogP contribution in [0.25, 0.3) is 0 Å². The maximum absolute atomic E-state index is 12.7. The number of halogens is 1. The van der Waals surface area contributed by atoms with Crippen LogP contribution in [0, 0.1) is 0 Å². The summed E-state index contributed by atoms with van der Waals surface area (Å²) in [5, 5.41) is 0.581. The fourth-order valence-corrected chi connectivity index (χ4v) is 2.94. The zero-order chi connectivity index (χ0) is 18.2. The molecule has 25 heavy (non-hydrogen) atoms. The minimum atomic E-state index is -0.589. The number of oxazole rings is 1. The van der Waals surface area contributed by atoms with Crippen molar-refractivity contribution in [2.75, 3.05) is 6.54 Å². The normalized spacial score (nSPS) is 15.6. The summed E-state index contributed by atoms with van der Waals surface area (Å²) < 4.78 is 11.6. The second-order valence-corrected chi connectivity index (χ2v) is 7.80. The van der Waals surface area contributed by atoms with Gasteiger partial charge in [-0.25, -0.2) is 4.98 Å². The van der Waals surface area contributed by atoms with Crippen molar-refractivity contribution in [1.29, 1.82) is 0 Å².